The van der Waals surface area contributed by atoms with E-state index in [1.165, 1.54) is 24.3 Å². The van der Waals surface area contributed by atoms with E-state index in [2.05, 4.69) is 4.99 Å². The summed E-state index contributed by atoms with van der Waals surface area (Å²) in [6, 6.07) is 5.13. The number of amides is 1. The number of ether oxygens (including phenoxy) is 1. The van der Waals surface area contributed by atoms with Gasteiger partial charge in [0.15, 0.2) is 6.61 Å². The number of rotatable bonds is 3. The van der Waals surface area contributed by atoms with E-state index in [9.17, 15) is 14.0 Å². The highest BCUT2D eigenvalue weighted by Gasteiger charge is 2.00. The summed E-state index contributed by atoms with van der Waals surface area (Å²) in [7, 11) is 0. The lowest BCUT2D eigenvalue weighted by molar-refractivity contribution is -0.119. The summed E-state index contributed by atoms with van der Waals surface area (Å²) < 4.78 is 17.3. The van der Waals surface area contributed by atoms with Gasteiger partial charge in [-0.15, -0.1) is 4.99 Å². The Kier molecular flexibility index (Phi) is 3.52. The van der Waals surface area contributed by atoms with Crippen molar-refractivity contribution in [3.8, 4) is 5.75 Å². The van der Waals surface area contributed by atoms with Crippen LogP contribution in [0.25, 0.3) is 0 Å². The smallest absolute Gasteiger partial charge is 0.294 e. The maximum absolute atomic E-state index is 12.4. The Bertz CT molecular complexity index is 368. The molecule has 1 aromatic rings. The molecule has 0 heterocycles. The number of carbonyl (C=O) groups is 1. The molecule has 0 radical (unpaired) electrons. The van der Waals surface area contributed by atoms with Crippen molar-refractivity contribution < 1.29 is 18.7 Å². The quantitative estimate of drug-likeness (QED) is 0.535. The largest absolute Gasteiger partial charge is 0.484 e. The van der Waals surface area contributed by atoms with Crippen LogP contribution in [0.1, 0.15) is 0 Å². The molecule has 5 heteroatoms. The third kappa shape index (κ3) is 3.16. The highest BCUT2D eigenvalue weighted by atomic mass is 19.1. The number of benzene rings is 1. The summed E-state index contributed by atoms with van der Waals surface area (Å²) in [6.07, 6.45) is 1.10. The Morgan fingerprint density at radius 2 is 2.07 bits per heavy atom. The zero-order valence-corrected chi connectivity index (χ0v) is 7.07. The van der Waals surface area contributed by atoms with Crippen molar-refractivity contribution in [1.29, 1.82) is 0 Å². The second kappa shape index (κ2) is 4.89. The SMILES string of the molecule is O=C=NC(=O)COc1ccc(F)cc1. The van der Waals surface area contributed by atoms with Crippen molar-refractivity contribution >= 4 is 12.0 Å². The van der Waals surface area contributed by atoms with Gasteiger partial charge in [-0.2, -0.15) is 0 Å². The fraction of sp³-hybridized carbons (Fsp3) is 0.111. The summed E-state index contributed by atoms with van der Waals surface area (Å²) >= 11 is 0. The highest BCUT2D eigenvalue weighted by Crippen LogP contribution is 2.10. The maximum atomic E-state index is 12.4. The average Bonchev–Trinajstić information content (AvgIpc) is 2.17. The lowest BCUT2D eigenvalue weighted by atomic mass is 10.3. The van der Waals surface area contributed by atoms with Crippen LogP contribution < -0.4 is 4.74 Å². The van der Waals surface area contributed by atoms with E-state index in [0.717, 1.165) is 6.08 Å². The number of isocyanates is 1. The Hall–Kier alpha value is -2.00. The molecule has 0 atom stereocenters. The monoisotopic (exact) mass is 195 g/mol. The molecule has 0 N–H and O–H groups in total. The Morgan fingerprint density at radius 3 is 2.64 bits per heavy atom. The van der Waals surface area contributed by atoms with Gasteiger partial charge in [0.2, 0.25) is 6.08 Å². The fourth-order valence-corrected chi connectivity index (χ4v) is 0.759. The van der Waals surface area contributed by atoms with Gasteiger partial charge in [0.05, 0.1) is 0 Å². The van der Waals surface area contributed by atoms with Crippen LogP contribution in [0.5, 0.6) is 5.75 Å². The first-order valence-corrected chi connectivity index (χ1v) is 3.71. The fourth-order valence-electron chi connectivity index (χ4n) is 0.759. The van der Waals surface area contributed by atoms with Crippen LogP contribution in [0.3, 0.4) is 0 Å². The lowest BCUT2D eigenvalue weighted by Crippen LogP contribution is -2.07. The normalized spacial score (nSPS) is 8.93. The van der Waals surface area contributed by atoms with Gasteiger partial charge >= 0.3 is 0 Å². The van der Waals surface area contributed by atoms with Crippen LogP contribution in [0.2, 0.25) is 0 Å². The molecule has 14 heavy (non-hydrogen) atoms. The summed E-state index contributed by atoms with van der Waals surface area (Å²) in [5.41, 5.74) is 0. The molecule has 0 bridgehead atoms. The third-order valence-electron chi connectivity index (χ3n) is 1.35. The van der Waals surface area contributed by atoms with Gasteiger partial charge in [0.25, 0.3) is 5.91 Å². The molecule has 0 aliphatic heterocycles. The van der Waals surface area contributed by atoms with Crippen LogP contribution in [-0.2, 0) is 9.59 Å². The average molecular weight is 195 g/mol. The van der Waals surface area contributed by atoms with Gasteiger partial charge in [0, 0.05) is 0 Å². The molecule has 0 aliphatic rings. The first-order chi connectivity index (χ1) is 6.72. The summed E-state index contributed by atoms with van der Waals surface area (Å²) in [5, 5.41) is 0. The molecule has 0 unspecified atom stereocenters. The van der Waals surface area contributed by atoms with Gasteiger partial charge in [-0.25, -0.2) is 9.18 Å². The van der Waals surface area contributed by atoms with Crippen LogP contribution >= 0.6 is 0 Å². The van der Waals surface area contributed by atoms with Crippen molar-refractivity contribution in [1.82, 2.24) is 0 Å². The molecule has 0 saturated heterocycles. The number of hydrogen-bond donors (Lipinski definition) is 0. The van der Waals surface area contributed by atoms with Crippen molar-refractivity contribution in [3.63, 3.8) is 0 Å². The van der Waals surface area contributed by atoms with Gasteiger partial charge in [-0.3, -0.25) is 4.79 Å². The predicted molar refractivity (Wildman–Crippen MR) is 45.0 cm³/mol. The first-order valence-electron chi connectivity index (χ1n) is 3.71. The summed E-state index contributed by atoms with van der Waals surface area (Å²) in [6.45, 7) is -0.360. The summed E-state index contributed by atoms with van der Waals surface area (Å²) in [4.78, 5) is 23.1. The summed E-state index contributed by atoms with van der Waals surface area (Å²) in [5.74, 6) is -0.792. The molecule has 0 saturated carbocycles. The highest BCUT2D eigenvalue weighted by molar-refractivity contribution is 5.82. The molecule has 4 nitrogen and oxygen atoms in total. The van der Waals surface area contributed by atoms with Crippen molar-refractivity contribution in [2.24, 2.45) is 4.99 Å². The van der Waals surface area contributed by atoms with Gasteiger partial charge in [-0.1, -0.05) is 0 Å². The van der Waals surface area contributed by atoms with E-state index in [1.807, 2.05) is 0 Å². The molecule has 1 aromatic carbocycles. The number of nitrogens with zero attached hydrogens (tertiary/aromatic N) is 1. The van der Waals surface area contributed by atoms with E-state index >= 15 is 0 Å². The second-order valence-corrected chi connectivity index (χ2v) is 2.34. The van der Waals surface area contributed by atoms with E-state index < -0.39 is 11.7 Å². The topological polar surface area (TPSA) is 55.7 Å². The van der Waals surface area contributed by atoms with E-state index in [1.54, 1.807) is 0 Å². The van der Waals surface area contributed by atoms with Crippen LogP contribution in [0.15, 0.2) is 29.3 Å². The minimum Gasteiger partial charge on any atom is -0.484 e. The third-order valence-corrected chi connectivity index (χ3v) is 1.35. The standard InChI is InChI=1S/C9H6FNO3/c10-7-1-3-8(4-2-7)14-5-9(13)11-6-12/h1-4H,5H2. The molecule has 72 valence electrons. The molecule has 0 fully saturated rings. The number of aliphatic imine (C=N–C) groups is 1. The zero-order valence-electron chi connectivity index (χ0n) is 7.07. The predicted octanol–water partition coefficient (Wildman–Crippen LogP) is 1.07. The molecule has 0 aromatic heterocycles. The molecule has 0 aliphatic carbocycles. The molecule has 0 spiro atoms. The zero-order chi connectivity index (χ0) is 10.4. The van der Waals surface area contributed by atoms with Gasteiger partial charge in [-0.05, 0) is 24.3 Å². The Labute approximate surface area is 79.0 Å². The van der Waals surface area contributed by atoms with Crippen molar-refractivity contribution in [2.45, 2.75) is 0 Å². The van der Waals surface area contributed by atoms with E-state index in [0.29, 0.717) is 5.75 Å². The van der Waals surface area contributed by atoms with Gasteiger partial charge in [0.1, 0.15) is 11.6 Å². The Balaban J connectivity index is 2.49. The molecule has 1 rings (SSSR count). The van der Waals surface area contributed by atoms with Crippen molar-refractivity contribution in [3.05, 3.63) is 30.1 Å². The lowest BCUT2D eigenvalue weighted by Gasteiger charge is -2.01. The molecular weight excluding hydrogens is 189 g/mol. The maximum Gasteiger partial charge on any atom is 0.294 e. The van der Waals surface area contributed by atoms with Crippen LogP contribution in [0, 0.1) is 5.82 Å². The van der Waals surface area contributed by atoms with E-state index in [-0.39, 0.29) is 6.61 Å². The first kappa shape index (κ1) is 10.1. The second-order valence-electron chi connectivity index (χ2n) is 2.34. The number of hydrogen-bond acceptors (Lipinski definition) is 3. The van der Waals surface area contributed by atoms with Gasteiger partial charge < -0.3 is 4.74 Å². The van der Waals surface area contributed by atoms with Crippen molar-refractivity contribution in [2.75, 3.05) is 6.61 Å². The number of carbonyl (C=O) groups excluding carboxylic acids is 2. The molecule has 1 amide bonds. The Morgan fingerprint density at radius 1 is 1.43 bits per heavy atom. The van der Waals surface area contributed by atoms with Crippen LogP contribution in [0.4, 0.5) is 4.39 Å². The number of halogens is 1. The van der Waals surface area contributed by atoms with E-state index in [4.69, 9.17) is 4.74 Å². The van der Waals surface area contributed by atoms with Crippen LogP contribution in [-0.4, -0.2) is 18.6 Å². The minimum atomic E-state index is -0.732. The molecular formula is C9H6FNO3. The minimum absolute atomic E-state index is 0.334.